The Balaban J connectivity index is 0.00000256. The second-order valence-electron chi connectivity index (χ2n) is 5.93. The highest BCUT2D eigenvalue weighted by Crippen LogP contribution is 2.25. The Morgan fingerprint density at radius 1 is 1.24 bits per heavy atom. The van der Waals surface area contributed by atoms with E-state index in [2.05, 4.69) is 31.1 Å². The largest absolute Gasteiger partial charge is 0.370 e. The van der Waals surface area contributed by atoms with E-state index in [1.807, 2.05) is 0 Å². The van der Waals surface area contributed by atoms with Crippen molar-refractivity contribution >= 4 is 29.9 Å². The van der Waals surface area contributed by atoms with Crippen LogP contribution in [0.1, 0.15) is 59.3 Å². The number of guanidine groups is 1. The van der Waals surface area contributed by atoms with Crippen molar-refractivity contribution in [2.75, 3.05) is 6.54 Å². The number of nitrogens with two attached hydrogens (primary N) is 1. The van der Waals surface area contributed by atoms with Crippen LogP contribution >= 0.6 is 24.0 Å². The lowest BCUT2D eigenvalue weighted by Gasteiger charge is -2.22. The van der Waals surface area contributed by atoms with Crippen LogP contribution in [0.3, 0.4) is 0 Å². The maximum atomic E-state index is 5.81. The molecular formula is C13H28IN3. The molecule has 1 rings (SSSR count). The molecule has 0 radical (unpaired) electrons. The van der Waals surface area contributed by atoms with Crippen LogP contribution in [0.2, 0.25) is 0 Å². The second kappa shape index (κ2) is 8.16. The van der Waals surface area contributed by atoms with Crippen LogP contribution < -0.4 is 11.1 Å². The summed E-state index contributed by atoms with van der Waals surface area (Å²) in [5.74, 6) is 1.48. The van der Waals surface area contributed by atoms with Crippen molar-refractivity contribution in [2.45, 2.75) is 64.8 Å². The van der Waals surface area contributed by atoms with Crippen molar-refractivity contribution in [3.63, 3.8) is 0 Å². The first-order valence-electron chi connectivity index (χ1n) is 6.55. The quantitative estimate of drug-likeness (QED) is 0.465. The van der Waals surface area contributed by atoms with Gasteiger partial charge in [0.25, 0.3) is 0 Å². The number of aliphatic imine (C=N–C) groups is 1. The average molecular weight is 353 g/mol. The summed E-state index contributed by atoms with van der Waals surface area (Å²) < 4.78 is 0. The average Bonchev–Trinajstić information content (AvgIpc) is 2.16. The standard InChI is InChI=1S/C13H27N3.HI/c1-13(2,3)16-12(14)15-10-9-11-7-5-4-6-8-11;/h11H,4-10H2,1-3H3,(H3,14,15,16);1H. The van der Waals surface area contributed by atoms with E-state index in [-0.39, 0.29) is 29.5 Å². The zero-order valence-electron chi connectivity index (χ0n) is 11.5. The Hall–Kier alpha value is 0. The van der Waals surface area contributed by atoms with Gasteiger partial charge in [-0.15, -0.1) is 24.0 Å². The Morgan fingerprint density at radius 2 is 1.82 bits per heavy atom. The Morgan fingerprint density at radius 3 is 2.35 bits per heavy atom. The lowest BCUT2D eigenvalue weighted by atomic mass is 9.87. The van der Waals surface area contributed by atoms with Crippen LogP contribution in [-0.2, 0) is 0 Å². The van der Waals surface area contributed by atoms with Crippen LogP contribution in [0.15, 0.2) is 4.99 Å². The van der Waals surface area contributed by atoms with E-state index in [4.69, 9.17) is 5.73 Å². The zero-order chi connectivity index (χ0) is 12.0. The lowest BCUT2D eigenvalue weighted by Crippen LogP contribution is -2.45. The molecule has 1 aliphatic rings. The maximum Gasteiger partial charge on any atom is 0.188 e. The lowest BCUT2D eigenvalue weighted by molar-refractivity contribution is 0.343. The molecule has 0 aromatic rings. The summed E-state index contributed by atoms with van der Waals surface area (Å²) in [5.41, 5.74) is 5.83. The molecular weight excluding hydrogens is 325 g/mol. The van der Waals surface area contributed by atoms with Crippen molar-refractivity contribution in [3.8, 4) is 0 Å². The van der Waals surface area contributed by atoms with E-state index >= 15 is 0 Å². The molecule has 0 bridgehead atoms. The Kier molecular flexibility index (Phi) is 8.16. The number of rotatable bonds is 3. The summed E-state index contributed by atoms with van der Waals surface area (Å²) in [6.45, 7) is 7.16. The van der Waals surface area contributed by atoms with E-state index < -0.39 is 0 Å². The molecule has 0 unspecified atom stereocenters. The van der Waals surface area contributed by atoms with Crippen LogP contribution in [0.4, 0.5) is 0 Å². The molecule has 0 heterocycles. The van der Waals surface area contributed by atoms with Gasteiger partial charge in [-0.3, -0.25) is 4.99 Å². The summed E-state index contributed by atoms with van der Waals surface area (Å²) in [4.78, 5) is 4.39. The molecule has 102 valence electrons. The molecule has 1 saturated carbocycles. The third kappa shape index (κ3) is 8.69. The summed E-state index contributed by atoms with van der Waals surface area (Å²) in [6.07, 6.45) is 8.22. The van der Waals surface area contributed by atoms with Gasteiger partial charge in [0.05, 0.1) is 0 Å². The second-order valence-corrected chi connectivity index (χ2v) is 5.93. The SMILES string of the molecule is CC(C)(C)NC(N)=NCCC1CCCCC1.I. The van der Waals surface area contributed by atoms with Crippen molar-refractivity contribution < 1.29 is 0 Å². The Bertz CT molecular complexity index is 227. The van der Waals surface area contributed by atoms with Gasteiger partial charge in [-0.25, -0.2) is 0 Å². The van der Waals surface area contributed by atoms with Crippen LogP contribution in [-0.4, -0.2) is 18.0 Å². The van der Waals surface area contributed by atoms with Gasteiger partial charge < -0.3 is 11.1 Å². The monoisotopic (exact) mass is 353 g/mol. The van der Waals surface area contributed by atoms with Gasteiger partial charge in [-0.2, -0.15) is 0 Å². The highest BCUT2D eigenvalue weighted by atomic mass is 127. The van der Waals surface area contributed by atoms with Crippen molar-refractivity contribution in [3.05, 3.63) is 0 Å². The fourth-order valence-electron chi connectivity index (χ4n) is 2.27. The molecule has 0 aromatic heterocycles. The third-order valence-electron chi connectivity index (χ3n) is 3.05. The smallest absolute Gasteiger partial charge is 0.188 e. The van der Waals surface area contributed by atoms with Gasteiger partial charge in [0.15, 0.2) is 5.96 Å². The number of nitrogens with one attached hydrogen (secondary N) is 1. The predicted molar refractivity (Wildman–Crippen MR) is 86.0 cm³/mol. The van der Waals surface area contributed by atoms with Crippen LogP contribution in [0.25, 0.3) is 0 Å². The maximum absolute atomic E-state index is 5.81. The van der Waals surface area contributed by atoms with Crippen molar-refractivity contribution in [1.82, 2.24) is 5.32 Å². The normalized spacial score (nSPS) is 18.6. The zero-order valence-corrected chi connectivity index (χ0v) is 13.8. The van der Waals surface area contributed by atoms with E-state index in [1.54, 1.807) is 0 Å². The molecule has 0 aliphatic heterocycles. The first-order chi connectivity index (χ1) is 7.47. The summed E-state index contributed by atoms with van der Waals surface area (Å²) in [6, 6.07) is 0. The minimum absolute atomic E-state index is 0. The molecule has 17 heavy (non-hydrogen) atoms. The summed E-state index contributed by atoms with van der Waals surface area (Å²) in [7, 11) is 0. The number of halogens is 1. The topological polar surface area (TPSA) is 50.4 Å². The summed E-state index contributed by atoms with van der Waals surface area (Å²) >= 11 is 0. The molecule has 1 aliphatic carbocycles. The molecule has 3 N–H and O–H groups in total. The van der Waals surface area contributed by atoms with Gasteiger partial charge in [-0.05, 0) is 33.1 Å². The molecule has 1 fully saturated rings. The number of nitrogens with zero attached hydrogens (tertiary/aromatic N) is 1. The molecule has 3 nitrogen and oxygen atoms in total. The molecule has 0 saturated heterocycles. The van der Waals surface area contributed by atoms with E-state index in [1.165, 1.54) is 38.5 Å². The van der Waals surface area contributed by atoms with Gasteiger partial charge >= 0.3 is 0 Å². The first-order valence-corrected chi connectivity index (χ1v) is 6.55. The van der Waals surface area contributed by atoms with E-state index in [9.17, 15) is 0 Å². The minimum atomic E-state index is 0. The summed E-state index contributed by atoms with van der Waals surface area (Å²) in [5, 5.41) is 3.18. The molecule has 0 atom stereocenters. The van der Waals surface area contributed by atoms with Gasteiger partial charge in [0.2, 0.25) is 0 Å². The van der Waals surface area contributed by atoms with Gasteiger partial charge in [0, 0.05) is 12.1 Å². The molecule has 0 aromatic carbocycles. The Labute approximate surface area is 123 Å². The fourth-order valence-corrected chi connectivity index (χ4v) is 2.27. The van der Waals surface area contributed by atoms with E-state index in [0.717, 1.165) is 12.5 Å². The number of hydrogen-bond acceptors (Lipinski definition) is 1. The molecule has 0 amide bonds. The van der Waals surface area contributed by atoms with Crippen LogP contribution in [0.5, 0.6) is 0 Å². The van der Waals surface area contributed by atoms with Gasteiger partial charge in [-0.1, -0.05) is 32.1 Å². The predicted octanol–water partition coefficient (Wildman–Crippen LogP) is 3.28. The van der Waals surface area contributed by atoms with Crippen molar-refractivity contribution in [1.29, 1.82) is 0 Å². The highest BCUT2D eigenvalue weighted by molar-refractivity contribution is 14.0. The van der Waals surface area contributed by atoms with Gasteiger partial charge in [0.1, 0.15) is 0 Å². The minimum Gasteiger partial charge on any atom is -0.370 e. The molecule has 0 spiro atoms. The van der Waals surface area contributed by atoms with Crippen LogP contribution in [0, 0.1) is 5.92 Å². The third-order valence-corrected chi connectivity index (χ3v) is 3.05. The van der Waals surface area contributed by atoms with E-state index in [0.29, 0.717) is 5.96 Å². The van der Waals surface area contributed by atoms with Crippen molar-refractivity contribution in [2.24, 2.45) is 16.6 Å². The highest BCUT2D eigenvalue weighted by Gasteiger charge is 2.13. The number of hydrogen-bond donors (Lipinski definition) is 2. The first kappa shape index (κ1) is 17.0. The molecule has 4 heteroatoms. The fraction of sp³-hybridized carbons (Fsp3) is 0.923.